The molecule has 3 unspecified atom stereocenters. The van der Waals surface area contributed by atoms with E-state index in [-0.39, 0.29) is 18.0 Å². The van der Waals surface area contributed by atoms with Crippen LogP contribution in [0.3, 0.4) is 0 Å². The van der Waals surface area contributed by atoms with Crippen LogP contribution in [0, 0.1) is 5.92 Å². The molecule has 1 saturated carbocycles. The number of nitrogens with zero attached hydrogens (tertiary/aromatic N) is 2. The van der Waals surface area contributed by atoms with Crippen LogP contribution >= 0.6 is 0 Å². The van der Waals surface area contributed by atoms with Crippen molar-refractivity contribution in [2.45, 2.75) is 44.2 Å². The number of hydrogen-bond donors (Lipinski definition) is 1. The number of carbonyl (C=O) groups excluding carboxylic acids is 1. The van der Waals surface area contributed by atoms with Crippen molar-refractivity contribution in [3.8, 4) is 0 Å². The molecule has 4 heteroatoms. The first kappa shape index (κ1) is 15.3. The van der Waals surface area contributed by atoms with Crippen LogP contribution in [0.2, 0.25) is 0 Å². The summed E-state index contributed by atoms with van der Waals surface area (Å²) in [6, 6.07) is 9.04. The van der Waals surface area contributed by atoms with E-state index in [1.54, 1.807) is 0 Å². The number of rotatable bonds is 3. The minimum atomic E-state index is 0.146. The van der Waals surface area contributed by atoms with Gasteiger partial charge in [0.05, 0.1) is 6.04 Å². The van der Waals surface area contributed by atoms with Crippen LogP contribution in [0.25, 0.3) is 0 Å². The Kier molecular flexibility index (Phi) is 4.39. The Morgan fingerprint density at radius 2 is 2.09 bits per heavy atom. The van der Waals surface area contributed by atoms with Gasteiger partial charge >= 0.3 is 0 Å². The van der Waals surface area contributed by atoms with Crippen molar-refractivity contribution in [1.29, 1.82) is 0 Å². The summed E-state index contributed by atoms with van der Waals surface area (Å²) in [7, 11) is 4.10. The standard InChI is InChI=1S/C18H27N3O/c1-20(2)16-6-3-5-13(12-16)17-7-4-10-21(17)18(22)14-8-9-15(19)11-14/h3,5-6,12,14-15,17H,4,7-11,19H2,1-2H3. The van der Waals surface area contributed by atoms with E-state index >= 15 is 0 Å². The normalized spacial score (nSPS) is 28.1. The van der Waals surface area contributed by atoms with Crippen LogP contribution < -0.4 is 10.6 Å². The molecule has 1 aromatic rings. The molecule has 0 spiro atoms. The average Bonchev–Trinajstić information content (AvgIpc) is 3.15. The largest absolute Gasteiger partial charge is 0.378 e. The van der Waals surface area contributed by atoms with Gasteiger partial charge in [-0.3, -0.25) is 4.79 Å². The van der Waals surface area contributed by atoms with Gasteiger partial charge in [-0.25, -0.2) is 0 Å². The first-order valence-corrected chi connectivity index (χ1v) is 8.39. The first-order valence-electron chi connectivity index (χ1n) is 8.39. The SMILES string of the molecule is CN(C)c1cccc(C2CCCN2C(=O)C2CCC(N)C2)c1. The lowest BCUT2D eigenvalue weighted by Gasteiger charge is -2.28. The number of likely N-dealkylation sites (tertiary alicyclic amines) is 1. The zero-order chi connectivity index (χ0) is 15.7. The smallest absolute Gasteiger partial charge is 0.226 e. The van der Waals surface area contributed by atoms with Crippen molar-refractivity contribution in [2.75, 3.05) is 25.5 Å². The molecule has 4 nitrogen and oxygen atoms in total. The summed E-state index contributed by atoms with van der Waals surface area (Å²) in [6.45, 7) is 0.890. The molecule has 1 amide bonds. The van der Waals surface area contributed by atoms with Crippen molar-refractivity contribution < 1.29 is 4.79 Å². The highest BCUT2D eigenvalue weighted by molar-refractivity contribution is 5.80. The van der Waals surface area contributed by atoms with E-state index in [1.165, 1.54) is 11.3 Å². The van der Waals surface area contributed by atoms with Crippen molar-refractivity contribution in [3.05, 3.63) is 29.8 Å². The van der Waals surface area contributed by atoms with Crippen LogP contribution in [0.15, 0.2) is 24.3 Å². The molecule has 2 fully saturated rings. The van der Waals surface area contributed by atoms with Gasteiger partial charge < -0.3 is 15.5 Å². The minimum Gasteiger partial charge on any atom is -0.378 e. The molecule has 2 N–H and O–H groups in total. The molecule has 1 aromatic carbocycles. The highest BCUT2D eigenvalue weighted by atomic mass is 16.2. The number of hydrogen-bond acceptors (Lipinski definition) is 3. The van der Waals surface area contributed by atoms with Crippen molar-refractivity contribution in [2.24, 2.45) is 11.7 Å². The predicted molar refractivity (Wildman–Crippen MR) is 89.8 cm³/mol. The summed E-state index contributed by atoms with van der Waals surface area (Å²) >= 11 is 0. The minimum absolute atomic E-state index is 0.146. The van der Waals surface area contributed by atoms with E-state index in [9.17, 15) is 4.79 Å². The highest BCUT2D eigenvalue weighted by Gasteiger charge is 2.36. The van der Waals surface area contributed by atoms with E-state index in [0.29, 0.717) is 5.91 Å². The Morgan fingerprint density at radius 1 is 1.27 bits per heavy atom. The molecule has 120 valence electrons. The Morgan fingerprint density at radius 3 is 2.77 bits per heavy atom. The van der Waals surface area contributed by atoms with Crippen LogP contribution in [0.4, 0.5) is 5.69 Å². The fraction of sp³-hybridized carbons (Fsp3) is 0.611. The Labute approximate surface area is 133 Å². The van der Waals surface area contributed by atoms with Crippen LogP contribution in [-0.2, 0) is 4.79 Å². The second-order valence-corrected chi connectivity index (χ2v) is 6.95. The van der Waals surface area contributed by atoms with Gasteiger partial charge in [-0.1, -0.05) is 12.1 Å². The zero-order valence-corrected chi connectivity index (χ0v) is 13.7. The highest BCUT2D eigenvalue weighted by Crippen LogP contribution is 2.36. The molecular weight excluding hydrogens is 274 g/mol. The molecule has 2 aliphatic rings. The number of amides is 1. The molecular formula is C18H27N3O. The van der Waals surface area contributed by atoms with Crippen molar-refractivity contribution in [3.63, 3.8) is 0 Å². The van der Waals surface area contributed by atoms with Gasteiger partial charge in [-0.15, -0.1) is 0 Å². The summed E-state index contributed by atoms with van der Waals surface area (Å²) in [4.78, 5) is 17.1. The lowest BCUT2D eigenvalue weighted by Crippen LogP contribution is -2.35. The van der Waals surface area contributed by atoms with Crippen LogP contribution in [0.1, 0.15) is 43.7 Å². The summed E-state index contributed by atoms with van der Waals surface area (Å²) in [5.41, 5.74) is 8.44. The quantitative estimate of drug-likeness (QED) is 0.933. The Bertz CT molecular complexity index is 543. The van der Waals surface area contributed by atoms with Gasteiger partial charge in [-0.2, -0.15) is 0 Å². The van der Waals surface area contributed by atoms with Gasteiger partial charge in [-0.05, 0) is 49.8 Å². The number of anilines is 1. The van der Waals surface area contributed by atoms with Crippen molar-refractivity contribution >= 4 is 11.6 Å². The zero-order valence-electron chi connectivity index (χ0n) is 13.7. The van der Waals surface area contributed by atoms with Gasteiger partial charge in [0.1, 0.15) is 0 Å². The Balaban J connectivity index is 1.78. The predicted octanol–water partition coefficient (Wildman–Crippen LogP) is 2.54. The lowest BCUT2D eigenvalue weighted by atomic mass is 10.0. The fourth-order valence-corrected chi connectivity index (χ4v) is 3.86. The van der Waals surface area contributed by atoms with Crippen LogP contribution in [0.5, 0.6) is 0 Å². The summed E-state index contributed by atoms with van der Waals surface area (Å²) in [5, 5.41) is 0. The number of nitrogens with two attached hydrogens (primary N) is 1. The fourth-order valence-electron chi connectivity index (χ4n) is 3.86. The van der Waals surface area contributed by atoms with Crippen LogP contribution in [-0.4, -0.2) is 37.5 Å². The van der Waals surface area contributed by atoms with Gasteiger partial charge in [0, 0.05) is 38.3 Å². The topological polar surface area (TPSA) is 49.6 Å². The van der Waals surface area contributed by atoms with E-state index in [4.69, 9.17) is 5.73 Å². The molecule has 0 radical (unpaired) electrons. The number of carbonyl (C=O) groups is 1. The molecule has 0 aromatic heterocycles. The van der Waals surface area contributed by atoms with E-state index < -0.39 is 0 Å². The third-order valence-electron chi connectivity index (χ3n) is 5.13. The number of benzene rings is 1. The summed E-state index contributed by atoms with van der Waals surface area (Å²) in [6.07, 6.45) is 4.98. The summed E-state index contributed by atoms with van der Waals surface area (Å²) < 4.78 is 0. The summed E-state index contributed by atoms with van der Waals surface area (Å²) in [5.74, 6) is 0.471. The van der Waals surface area contributed by atoms with Gasteiger partial charge in [0.15, 0.2) is 0 Å². The molecule has 3 rings (SSSR count). The Hall–Kier alpha value is -1.55. The monoisotopic (exact) mass is 301 g/mol. The molecule has 1 aliphatic carbocycles. The van der Waals surface area contributed by atoms with E-state index in [1.807, 2.05) is 0 Å². The maximum absolute atomic E-state index is 12.9. The maximum Gasteiger partial charge on any atom is 0.226 e. The molecule has 0 bridgehead atoms. The lowest BCUT2D eigenvalue weighted by molar-refractivity contribution is -0.136. The van der Waals surface area contributed by atoms with Gasteiger partial charge in [0.25, 0.3) is 0 Å². The molecule has 1 aliphatic heterocycles. The molecule has 1 saturated heterocycles. The second-order valence-electron chi connectivity index (χ2n) is 6.95. The van der Waals surface area contributed by atoms with E-state index in [0.717, 1.165) is 38.6 Å². The van der Waals surface area contributed by atoms with Crippen molar-refractivity contribution in [1.82, 2.24) is 4.90 Å². The molecule has 1 heterocycles. The molecule has 22 heavy (non-hydrogen) atoms. The third kappa shape index (κ3) is 2.98. The third-order valence-corrected chi connectivity index (χ3v) is 5.13. The first-order chi connectivity index (χ1) is 10.6. The average molecular weight is 301 g/mol. The van der Waals surface area contributed by atoms with Gasteiger partial charge in [0.2, 0.25) is 5.91 Å². The van der Waals surface area contributed by atoms with E-state index in [2.05, 4.69) is 48.2 Å². The second kappa shape index (κ2) is 6.29. The maximum atomic E-state index is 12.9. The molecule has 3 atom stereocenters.